The van der Waals surface area contributed by atoms with Crippen molar-refractivity contribution < 1.29 is 9.53 Å². The number of hydrogen-bond donors (Lipinski definition) is 0. The third kappa shape index (κ3) is 7.07. The Morgan fingerprint density at radius 2 is 1.84 bits per heavy atom. The van der Waals surface area contributed by atoms with E-state index in [0.29, 0.717) is 42.1 Å². The largest absolute Gasteiger partial charge is 0.444 e. The molecule has 1 fully saturated rings. The van der Waals surface area contributed by atoms with Crippen molar-refractivity contribution in [3.63, 3.8) is 0 Å². The quantitative estimate of drug-likeness (QED) is 0.319. The van der Waals surface area contributed by atoms with E-state index in [2.05, 4.69) is 32.7 Å². The fourth-order valence-electron chi connectivity index (χ4n) is 4.26. The van der Waals surface area contributed by atoms with Crippen molar-refractivity contribution in [3.8, 4) is 0 Å². The molecule has 1 amide bonds. The maximum absolute atomic E-state index is 13.3. The number of ether oxygens (including phenoxy) is 1. The summed E-state index contributed by atoms with van der Waals surface area (Å²) in [6, 6.07) is 9.64. The number of rotatable bonds is 6. The Labute approximate surface area is 235 Å². The Balaban J connectivity index is 1.48. The molecule has 37 heavy (non-hydrogen) atoms. The number of aromatic nitrogens is 2. The Morgan fingerprint density at radius 1 is 1.11 bits per heavy atom. The van der Waals surface area contributed by atoms with E-state index in [0.717, 1.165) is 39.3 Å². The van der Waals surface area contributed by atoms with E-state index in [4.69, 9.17) is 16.3 Å². The summed E-state index contributed by atoms with van der Waals surface area (Å²) in [7, 11) is 0. The van der Waals surface area contributed by atoms with Crippen molar-refractivity contribution in [2.75, 3.05) is 31.9 Å². The minimum absolute atomic E-state index is 0.0874. The molecule has 1 saturated heterocycles. The van der Waals surface area contributed by atoms with Crippen LogP contribution < -0.4 is 5.56 Å². The van der Waals surface area contributed by atoms with Crippen LogP contribution in [0.3, 0.4) is 0 Å². The first kappa shape index (κ1) is 28.0. The Morgan fingerprint density at radius 3 is 2.51 bits per heavy atom. The van der Waals surface area contributed by atoms with Crippen molar-refractivity contribution in [1.29, 1.82) is 0 Å². The topological polar surface area (TPSA) is 67.7 Å². The maximum Gasteiger partial charge on any atom is 0.410 e. The van der Waals surface area contributed by atoms with Gasteiger partial charge in [0.05, 0.1) is 23.8 Å². The van der Waals surface area contributed by atoms with E-state index in [1.165, 1.54) is 0 Å². The maximum atomic E-state index is 13.3. The van der Waals surface area contributed by atoms with Crippen molar-refractivity contribution in [2.45, 2.75) is 51.3 Å². The van der Waals surface area contributed by atoms with E-state index in [-0.39, 0.29) is 11.7 Å². The molecule has 7 nitrogen and oxygen atoms in total. The average Bonchev–Trinajstić information content (AvgIpc) is 2.83. The summed E-state index contributed by atoms with van der Waals surface area (Å²) in [6.07, 6.45) is 1.35. The van der Waals surface area contributed by atoms with Gasteiger partial charge in [0, 0.05) is 47.1 Å². The Hall–Kier alpha value is -2.07. The molecule has 2 heterocycles. The predicted octanol–water partition coefficient (Wildman–Crippen LogP) is 6.03. The van der Waals surface area contributed by atoms with E-state index in [9.17, 15) is 9.59 Å². The number of carbonyl (C=O) groups excluding carboxylic acids is 1. The third-order valence-corrected chi connectivity index (χ3v) is 8.04. The zero-order chi connectivity index (χ0) is 26.7. The summed E-state index contributed by atoms with van der Waals surface area (Å²) < 4.78 is 8.00. The van der Waals surface area contributed by atoms with Crippen LogP contribution in [0.1, 0.15) is 38.8 Å². The highest BCUT2D eigenvalue weighted by Crippen LogP contribution is 2.27. The van der Waals surface area contributed by atoms with Crippen molar-refractivity contribution in [3.05, 3.63) is 67.6 Å². The summed E-state index contributed by atoms with van der Waals surface area (Å²) in [5.41, 5.74) is 2.14. The molecule has 0 unspecified atom stereocenters. The second-order valence-electron chi connectivity index (χ2n) is 10.1. The molecular weight excluding hydrogens is 576 g/mol. The van der Waals surface area contributed by atoms with Crippen LogP contribution in [0.5, 0.6) is 0 Å². The number of amides is 1. The molecule has 3 aromatic rings. The Bertz CT molecular complexity index is 1350. The minimum atomic E-state index is -0.499. The monoisotopic (exact) mass is 606 g/mol. The Kier molecular flexibility index (Phi) is 8.89. The second-order valence-corrected chi connectivity index (χ2v) is 12.7. The van der Waals surface area contributed by atoms with Crippen LogP contribution in [0.4, 0.5) is 4.79 Å². The van der Waals surface area contributed by atoms with Gasteiger partial charge in [-0.15, -0.1) is 11.8 Å². The lowest BCUT2D eigenvalue weighted by molar-refractivity contribution is 0.0139. The highest BCUT2D eigenvalue weighted by molar-refractivity contribution is 9.10. The van der Waals surface area contributed by atoms with Crippen molar-refractivity contribution in [2.24, 2.45) is 0 Å². The molecule has 1 aromatic heterocycles. The van der Waals surface area contributed by atoms with Crippen LogP contribution in [0, 0.1) is 0 Å². The van der Waals surface area contributed by atoms with Crippen LogP contribution in [-0.2, 0) is 17.8 Å². The smallest absolute Gasteiger partial charge is 0.410 e. The molecule has 0 bridgehead atoms. The van der Waals surface area contributed by atoms with E-state index in [1.54, 1.807) is 27.6 Å². The molecule has 0 saturated carbocycles. The average molecular weight is 608 g/mol. The number of carbonyl (C=O) groups is 1. The van der Waals surface area contributed by atoms with Crippen LogP contribution >= 0.6 is 39.3 Å². The van der Waals surface area contributed by atoms with Gasteiger partial charge < -0.3 is 9.64 Å². The van der Waals surface area contributed by atoms with Gasteiger partial charge in [-0.25, -0.2) is 9.78 Å². The molecule has 0 aliphatic carbocycles. The first-order valence-corrected chi connectivity index (χ1v) is 14.5. The summed E-state index contributed by atoms with van der Waals surface area (Å²) in [6.45, 7) is 11.6. The van der Waals surface area contributed by atoms with Gasteiger partial charge in [0.25, 0.3) is 5.56 Å². The standard InChI is InChI=1S/C27H32BrClN4O3S/c1-5-37-24-7-6-20(29)12-19(24)16-33-17-30-23-13-18(22(28)14-21(23)25(33)34)15-31-8-10-32(11-9-31)26(35)36-27(2,3)4/h6-7,12-14,17H,5,8-11,15-16H2,1-4H3. The van der Waals surface area contributed by atoms with E-state index >= 15 is 0 Å². The van der Waals surface area contributed by atoms with E-state index in [1.807, 2.05) is 51.1 Å². The number of hydrogen-bond acceptors (Lipinski definition) is 6. The molecular formula is C27H32BrClN4O3S. The van der Waals surface area contributed by atoms with Crippen molar-refractivity contribution >= 4 is 56.3 Å². The lowest BCUT2D eigenvalue weighted by Gasteiger charge is -2.35. The predicted molar refractivity (Wildman–Crippen MR) is 154 cm³/mol. The van der Waals surface area contributed by atoms with Gasteiger partial charge in [0.2, 0.25) is 0 Å². The number of nitrogens with zero attached hydrogens (tertiary/aromatic N) is 4. The van der Waals surface area contributed by atoms with Crippen LogP contribution in [0.15, 0.2) is 50.8 Å². The van der Waals surface area contributed by atoms with Gasteiger partial charge in [-0.2, -0.15) is 0 Å². The highest BCUT2D eigenvalue weighted by atomic mass is 79.9. The number of fused-ring (bicyclic) bond motifs is 1. The van der Waals surface area contributed by atoms with Gasteiger partial charge >= 0.3 is 6.09 Å². The SMILES string of the molecule is CCSc1ccc(Cl)cc1Cn1cnc2cc(CN3CCN(C(=O)OC(C)(C)C)CC3)c(Br)cc2c1=O. The molecule has 10 heteroatoms. The van der Waals surface area contributed by atoms with Crippen LogP contribution in [-0.4, -0.2) is 63.0 Å². The normalized spacial score (nSPS) is 14.8. The highest BCUT2D eigenvalue weighted by Gasteiger charge is 2.26. The molecule has 0 radical (unpaired) electrons. The number of thioether (sulfide) groups is 1. The van der Waals surface area contributed by atoms with Gasteiger partial charge in [-0.1, -0.05) is 34.5 Å². The molecule has 4 rings (SSSR count). The molecule has 0 spiro atoms. The molecule has 0 N–H and O–H groups in total. The first-order valence-electron chi connectivity index (χ1n) is 12.3. The second kappa shape index (κ2) is 11.8. The molecule has 1 aliphatic rings. The van der Waals surface area contributed by atoms with Gasteiger partial charge in [-0.05, 0) is 68.0 Å². The van der Waals surface area contributed by atoms with Gasteiger partial charge in [0.1, 0.15) is 5.60 Å². The zero-order valence-corrected chi connectivity index (χ0v) is 24.8. The molecule has 0 atom stereocenters. The summed E-state index contributed by atoms with van der Waals surface area (Å²) >= 11 is 11.6. The molecule has 1 aliphatic heterocycles. The fourth-order valence-corrected chi connectivity index (χ4v) is 5.71. The summed E-state index contributed by atoms with van der Waals surface area (Å²) in [4.78, 5) is 35.5. The van der Waals surface area contributed by atoms with Crippen molar-refractivity contribution in [1.82, 2.24) is 19.4 Å². The number of benzene rings is 2. The fraction of sp³-hybridized carbons (Fsp3) is 0.444. The van der Waals surface area contributed by atoms with Gasteiger partial charge in [-0.3, -0.25) is 14.3 Å². The molecule has 2 aromatic carbocycles. The van der Waals surface area contributed by atoms with E-state index < -0.39 is 5.60 Å². The number of piperazine rings is 1. The lowest BCUT2D eigenvalue weighted by atomic mass is 10.1. The first-order chi connectivity index (χ1) is 17.5. The van der Waals surface area contributed by atoms with Crippen LogP contribution in [0.25, 0.3) is 10.9 Å². The summed E-state index contributed by atoms with van der Waals surface area (Å²) in [5, 5.41) is 1.22. The third-order valence-electron chi connectivity index (χ3n) is 6.07. The van der Waals surface area contributed by atoms with Crippen LogP contribution in [0.2, 0.25) is 5.02 Å². The zero-order valence-electron chi connectivity index (χ0n) is 21.6. The number of halogens is 2. The lowest BCUT2D eigenvalue weighted by Crippen LogP contribution is -2.49. The van der Waals surface area contributed by atoms with Gasteiger partial charge in [0.15, 0.2) is 0 Å². The molecule has 198 valence electrons. The minimum Gasteiger partial charge on any atom is -0.444 e. The summed E-state index contributed by atoms with van der Waals surface area (Å²) in [5.74, 6) is 0.936.